The highest BCUT2D eigenvalue weighted by molar-refractivity contribution is 7.09. The molecule has 0 unspecified atom stereocenters. The second-order valence-corrected chi connectivity index (χ2v) is 7.71. The van der Waals surface area contributed by atoms with Gasteiger partial charge in [-0.15, -0.1) is 0 Å². The van der Waals surface area contributed by atoms with Gasteiger partial charge in [0.05, 0.1) is 9.90 Å². The molecule has 0 radical (unpaired) electrons. The van der Waals surface area contributed by atoms with E-state index in [0.717, 1.165) is 35.3 Å². The molecule has 0 saturated carbocycles. The fourth-order valence-corrected chi connectivity index (χ4v) is 4.51. The van der Waals surface area contributed by atoms with E-state index in [4.69, 9.17) is 27.9 Å². The highest BCUT2D eigenvalue weighted by atomic mass is 35.5. The minimum Gasteiger partial charge on any atom is -0.494 e. The molecule has 128 valence electrons. The maximum Gasteiger partial charge on any atom is 0.307 e. The summed E-state index contributed by atoms with van der Waals surface area (Å²) in [6.07, 6.45) is 1.71. The van der Waals surface area contributed by atoms with E-state index in [1.807, 2.05) is 18.2 Å². The SMILES string of the molecule is O=c1[nH]c(O)c([C@@H]2CCc3cc(Oc4ccc(Cl)cc4Cl)ccc32)s1. The largest absolute Gasteiger partial charge is 0.494 e. The van der Waals surface area contributed by atoms with Gasteiger partial charge < -0.3 is 9.84 Å². The molecule has 1 aromatic heterocycles. The quantitative estimate of drug-likeness (QED) is 0.632. The number of aromatic hydroxyl groups is 1. The van der Waals surface area contributed by atoms with Crippen LogP contribution in [0, 0.1) is 0 Å². The molecule has 2 N–H and O–H groups in total. The van der Waals surface area contributed by atoms with E-state index < -0.39 is 0 Å². The van der Waals surface area contributed by atoms with E-state index in [-0.39, 0.29) is 16.7 Å². The number of rotatable bonds is 3. The zero-order valence-corrected chi connectivity index (χ0v) is 15.2. The first-order valence-corrected chi connectivity index (χ1v) is 9.26. The Morgan fingerprint density at radius 3 is 2.76 bits per heavy atom. The molecule has 0 saturated heterocycles. The van der Waals surface area contributed by atoms with Gasteiger partial charge in [-0.3, -0.25) is 9.78 Å². The Labute approximate surface area is 157 Å². The van der Waals surface area contributed by atoms with Crippen LogP contribution >= 0.6 is 34.5 Å². The summed E-state index contributed by atoms with van der Waals surface area (Å²) in [5, 5.41) is 10.9. The molecular formula is C18H13Cl2NO3S. The molecule has 0 amide bonds. The summed E-state index contributed by atoms with van der Waals surface area (Å²) in [4.78, 5) is 14.3. The van der Waals surface area contributed by atoms with Crippen LogP contribution in [0.15, 0.2) is 41.2 Å². The van der Waals surface area contributed by atoms with Crippen LogP contribution in [-0.2, 0) is 6.42 Å². The van der Waals surface area contributed by atoms with Crippen LogP contribution in [-0.4, -0.2) is 10.1 Å². The van der Waals surface area contributed by atoms with Crippen molar-refractivity contribution in [2.75, 3.05) is 0 Å². The van der Waals surface area contributed by atoms with Gasteiger partial charge in [0.25, 0.3) is 0 Å². The summed E-state index contributed by atoms with van der Waals surface area (Å²) in [5.74, 6) is 1.24. The molecule has 4 rings (SSSR count). The Bertz CT molecular complexity index is 1010. The molecule has 7 heteroatoms. The van der Waals surface area contributed by atoms with Crippen molar-refractivity contribution in [1.82, 2.24) is 4.98 Å². The number of halogens is 2. The molecule has 3 aromatic rings. The number of H-pyrrole nitrogens is 1. The molecule has 1 aliphatic carbocycles. The lowest BCUT2D eigenvalue weighted by molar-refractivity contribution is 0.447. The van der Waals surface area contributed by atoms with Crippen molar-refractivity contribution in [3.63, 3.8) is 0 Å². The van der Waals surface area contributed by atoms with E-state index in [1.165, 1.54) is 0 Å². The van der Waals surface area contributed by atoms with Crippen LogP contribution in [0.3, 0.4) is 0 Å². The van der Waals surface area contributed by atoms with Crippen molar-refractivity contribution in [1.29, 1.82) is 0 Å². The number of nitrogens with one attached hydrogen (secondary N) is 1. The maximum absolute atomic E-state index is 11.5. The molecule has 0 spiro atoms. The number of aromatic nitrogens is 1. The second kappa shape index (κ2) is 6.41. The summed E-state index contributed by atoms with van der Waals surface area (Å²) >= 11 is 13.1. The van der Waals surface area contributed by atoms with Gasteiger partial charge in [0.2, 0.25) is 5.88 Å². The van der Waals surface area contributed by atoms with Crippen LogP contribution in [0.2, 0.25) is 10.0 Å². The number of aryl methyl sites for hydroxylation is 1. The summed E-state index contributed by atoms with van der Waals surface area (Å²) in [6.45, 7) is 0. The first-order valence-electron chi connectivity index (χ1n) is 7.69. The fraction of sp³-hybridized carbons (Fsp3) is 0.167. The Balaban J connectivity index is 1.63. The number of hydrogen-bond acceptors (Lipinski definition) is 4. The standard InChI is InChI=1S/C18H13Cl2NO3S/c19-10-2-6-15(14(20)8-10)24-11-3-5-12-9(7-11)1-4-13(12)16-17(22)21-18(23)25-16/h2-3,5-8,13,22H,1,4H2,(H,21,23)/t13-/m1/s1. The van der Waals surface area contributed by atoms with Crippen LogP contribution in [0.1, 0.15) is 28.3 Å². The Hall–Kier alpha value is -1.95. The van der Waals surface area contributed by atoms with Crippen molar-refractivity contribution in [2.45, 2.75) is 18.8 Å². The highest BCUT2D eigenvalue weighted by Crippen LogP contribution is 2.43. The number of benzene rings is 2. The average Bonchev–Trinajstić information content (AvgIpc) is 3.12. The minimum atomic E-state index is -0.238. The third-order valence-electron chi connectivity index (χ3n) is 4.29. The van der Waals surface area contributed by atoms with Gasteiger partial charge in [0.1, 0.15) is 11.5 Å². The lowest BCUT2D eigenvalue weighted by Crippen LogP contribution is -1.94. The predicted octanol–water partition coefficient (Wildman–Crippen LogP) is 5.32. The summed E-state index contributed by atoms with van der Waals surface area (Å²) < 4.78 is 5.86. The number of aromatic amines is 1. The Morgan fingerprint density at radius 1 is 1.20 bits per heavy atom. The lowest BCUT2D eigenvalue weighted by Gasteiger charge is -2.12. The van der Waals surface area contributed by atoms with E-state index in [9.17, 15) is 9.90 Å². The average molecular weight is 394 g/mol. The zero-order chi connectivity index (χ0) is 17.6. The highest BCUT2D eigenvalue weighted by Gasteiger charge is 2.28. The van der Waals surface area contributed by atoms with Crippen LogP contribution in [0.5, 0.6) is 17.4 Å². The van der Waals surface area contributed by atoms with Gasteiger partial charge in [-0.05, 0) is 54.3 Å². The van der Waals surface area contributed by atoms with Gasteiger partial charge in [-0.25, -0.2) is 0 Å². The number of hydrogen-bond donors (Lipinski definition) is 2. The molecule has 1 atom stereocenters. The zero-order valence-electron chi connectivity index (χ0n) is 12.9. The Morgan fingerprint density at radius 2 is 2.04 bits per heavy atom. The number of fused-ring (bicyclic) bond motifs is 1. The van der Waals surface area contributed by atoms with Crippen LogP contribution in [0.4, 0.5) is 0 Å². The third kappa shape index (κ3) is 3.15. The topological polar surface area (TPSA) is 62.3 Å². The van der Waals surface area contributed by atoms with Gasteiger partial charge in [0.15, 0.2) is 0 Å². The molecule has 1 heterocycles. The molecule has 0 fully saturated rings. The first-order chi connectivity index (χ1) is 12.0. The number of ether oxygens (including phenoxy) is 1. The van der Waals surface area contributed by atoms with Gasteiger partial charge >= 0.3 is 4.87 Å². The van der Waals surface area contributed by atoms with Crippen LogP contribution < -0.4 is 9.61 Å². The number of thiazole rings is 1. The van der Waals surface area contributed by atoms with Gasteiger partial charge in [-0.2, -0.15) is 0 Å². The summed E-state index contributed by atoms with van der Waals surface area (Å²) in [6, 6.07) is 10.9. The molecule has 4 nitrogen and oxygen atoms in total. The monoisotopic (exact) mass is 393 g/mol. The predicted molar refractivity (Wildman–Crippen MR) is 99.7 cm³/mol. The van der Waals surface area contributed by atoms with Crippen molar-refractivity contribution in [3.8, 4) is 17.4 Å². The molecule has 2 aromatic carbocycles. The van der Waals surface area contributed by atoms with Crippen molar-refractivity contribution < 1.29 is 9.84 Å². The molecule has 0 aliphatic heterocycles. The van der Waals surface area contributed by atoms with E-state index in [1.54, 1.807) is 18.2 Å². The molecule has 0 bridgehead atoms. The maximum atomic E-state index is 11.5. The lowest BCUT2D eigenvalue weighted by atomic mass is 10.00. The van der Waals surface area contributed by atoms with Crippen molar-refractivity contribution in [2.24, 2.45) is 0 Å². The molecular weight excluding hydrogens is 381 g/mol. The van der Waals surface area contributed by atoms with E-state index in [2.05, 4.69) is 4.98 Å². The van der Waals surface area contributed by atoms with E-state index >= 15 is 0 Å². The third-order valence-corrected chi connectivity index (χ3v) is 5.80. The van der Waals surface area contributed by atoms with Gasteiger partial charge in [0, 0.05) is 10.9 Å². The van der Waals surface area contributed by atoms with Crippen LogP contribution in [0.25, 0.3) is 0 Å². The first kappa shape index (κ1) is 16.5. The molecule has 1 aliphatic rings. The summed E-state index contributed by atoms with van der Waals surface area (Å²) in [5.41, 5.74) is 2.26. The van der Waals surface area contributed by atoms with Crippen molar-refractivity contribution in [3.05, 3.63) is 72.1 Å². The summed E-state index contributed by atoms with van der Waals surface area (Å²) in [7, 11) is 0. The normalized spacial score (nSPS) is 16.0. The van der Waals surface area contributed by atoms with E-state index in [0.29, 0.717) is 26.4 Å². The fourth-order valence-electron chi connectivity index (χ4n) is 3.18. The van der Waals surface area contributed by atoms with Gasteiger partial charge in [-0.1, -0.05) is 40.6 Å². The second-order valence-electron chi connectivity index (χ2n) is 5.86. The minimum absolute atomic E-state index is 0.0267. The molecule has 25 heavy (non-hydrogen) atoms. The smallest absolute Gasteiger partial charge is 0.307 e. The Kier molecular flexibility index (Phi) is 4.23. The van der Waals surface area contributed by atoms with Crippen molar-refractivity contribution >= 4 is 34.5 Å².